The van der Waals surface area contributed by atoms with Crippen LogP contribution in [0.15, 0.2) is 0 Å². The molecule has 6 heteroatoms. The molecule has 2 fully saturated rings. The van der Waals surface area contributed by atoms with Crippen LogP contribution in [0.25, 0.3) is 0 Å². The average Bonchev–Trinajstić information content (AvgIpc) is 3.17. The molecule has 1 aromatic rings. The Morgan fingerprint density at radius 2 is 2.05 bits per heavy atom. The Morgan fingerprint density at radius 1 is 1.14 bits per heavy atom. The van der Waals surface area contributed by atoms with E-state index in [1.807, 2.05) is 0 Å². The van der Waals surface area contributed by atoms with Crippen molar-refractivity contribution in [3.63, 3.8) is 0 Å². The van der Waals surface area contributed by atoms with Crippen LogP contribution >= 0.6 is 11.8 Å². The van der Waals surface area contributed by atoms with Gasteiger partial charge in [-0.1, -0.05) is 0 Å². The van der Waals surface area contributed by atoms with E-state index in [9.17, 15) is 0 Å². The zero-order valence-corrected chi connectivity index (χ0v) is 13.4. The average molecular weight is 307 g/mol. The Balaban J connectivity index is 1.35. The largest absolute Gasteiger partial charge is 0.312 e. The third kappa shape index (κ3) is 2.98. The molecule has 3 aliphatic rings. The van der Waals surface area contributed by atoms with Gasteiger partial charge in [-0.2, -0.15) is 11.8 Å². The van der Waals surface area contributed by atoms with E-state index >= 15 is 0 Å². The molecule has 5 nitrogen and oxygen atoms in total. The standard InChI is InChI=1S/C15H25N5S/c1-5-19(10-12-3-8-21-11-12)6-2-13(1)15-18-17-14-9-16-4-7-20(14)15/h12-13,16H,1-11H2. The van der Waals surface area contributed by atoms with E-state index in [2.05, 4.69) is 36.7 Å². The van der Waals surface area contributed by atoms with Gasteiger partial charge >= 0.3 is 0 Å². The second-order valence-corrected chi connectivity index (χ2v) is 7.76. The van der Waals surface area contributed by atoms with Gasteiger partial charge in [-0.15, -0.1) is 10.2 Å². The van der Waals surface area contributed by atoms with Gasteiger partial charge in [0.25, 0.3) is 0 Å². The normalized spacial score (nSPS) is 27.9. The molecule has 1 N–H and O–H groups in total. The van der Waals surface area contributed by atoms with Crippen molar-refractivity contribution in [1.29, 1.82) is 0 Å². The van der Waals surface area contributed by atoms with Gasteiger partial charge < -0.3 is 14.8 Å². The molecule has 2 saturated heterocycles. The third-order valence-corrected chi connectivity index (χ3v) is 6.38. The Morgan fingerprint density at radius 3 is 2.86 bits per heavy atom. The number of rotatable bonds is 3. The molecular formula is C15H25N5S. The van der Waals surface area contributed by atoms with Gasteiger partial charge in [0.05, 0.1) is 6.54 Å². The summed E-state index contributed by atoms with van der Waals surface area (Å²) in [6.07, 6.45) is 3.94. The van der Waals surface area contributed by atoms with Crippen LogP contribution in [-0.4, -0.2) is 57.3 Å². The van der Waals surface area contributed by atoms with Gasteiger partial charge in [0.15, 0.2) is 0 Å². The summed E-state index contributed by atoms with van der Waals surface area (Å²) in [5.41, 5.74) is 0. The number of hydrogen-bond donors (Lipinski definition) is 1. The molecule has 0 aromatic carbocycles. The zero-order chi connectivity index (χ0) is 14.1. The molecular weight excluding hydrogens is 282 g/mol. The lowest BCUT2D eigenvalue weighted by molar-refractivity contribution is 0.185. The van der Waals surface area contributed by atoms with E-state index < -0.39 is 0 Å². The molecule has 1 atom stereocenters. The number of aromatic nitrogens is 3. The molecule has 1 aromatic heterocycles. The molecule has 0 saturated carbocycles. The van der Waals surface area contributed by atoms with Crippen LogP contribution in [0, 0.1) is 5.92 Å². The monoisotopic (exact) mass is 307 g/mol. The highest BCUT2D eigenvalue weighted by molar-refractivity contribution is 7.99. The number of piperidine rings is 1. The van der Waals surface area contributed by atoms with Crippen molar-refractivity contribution in [2.75, 3.05) is 37.7 Å². The predicted octanol–water partition coefficient (Wildman–Crippen LogP) is 1.31. The van der Waals surface area contributed by atoms with Crippen molar-refractivity contribution < 1.29 is 0 Å². The SMILES string of the molecule is C1Cn2c(nnc2C2CCN(CC3CCSC3)CC2)CN1. The van der Waals surface area contributed by atoms with Crippen molar-refractivity contribution in [2.45, 2.75) is 38.3 Å². The topological polar surface area (TPSA) is 46.0 Å². The first-order valence-electron chi connectivity index (χ1n) is 8.33. The number of nitrogens with one attached hydrogen (secondary N) is 1. The van der Waals surface area contributed by atoms with E-state index in [4.69, 9.17) is 0 Å². The molecule has 0 amide bonds. The maximum atomic E-state index is 4.50. The lowest BCUT2D eigenvalue weighted by Crippen LogP contribution is -2.37. The summed E-state index contributed by atoms with van der Waals surface area (Å²) < 4.78 is 2.37. The second kappa shape index (κ2) is 6.26. The lowest BCUT2D eigenvalue weighted by atomic mass is 9.95. The summed E-state index contributed by atoms with van der Waals surface area (Å²) in [5.74, 6) is 6.70. The molecule has 4 rings (SSSR count). The number of likely N-dealkylation sites (tertiary alicyclic amines) is 1. The fourth-order valence-corrected chi connectivity index (χ4v) is 5.15. The van der Waals surface area contributed by atoms with Crippen molar-refractivity contribution in [3.05, 3.63) is 11.6 Å². The van der Waals surface area contributed by atoms with Gasteiger partial charge in [-0.05, 0) is 49.8 Å². The maximum absolute atomic E-state index is 4.50. The van der Waals surface area contributed by atoms with E-state index in [0.717, 1.165) is 31.4 Å². The van der Waals surface area contributed by atoms with Crippen LogP contribution < -0.4 is 5.32 Å². The Bertz CT molecular complexity index is 474. The van der Waals surface area contributed by atoms with Crippen molar-refractivity contribution in [2.24, 2.45) is 5.92 Å². The minimum Gasteiger partial charge on any atom is -0.312 e. The molecule has 0 aliphatic carbocycles. The van der Waals surface area contributed by atoms with E-state index in [1.54, 1.807) is 0 Å². The molecule has 0 radical (unpaired) electrons. The molecule has 21 heavy (non-hydrogen) atoms. The predicted molar refractivity (Wildman–Crippen MR) is 85.6 cm³/mol. The minimum atomic E-state index is 0.624. The molecule has 3 aliphatic heterocycles. The fourth-order valence-electron chi connectivity index (χ4n) is 3.88. The number of hydrogen-bond acceptors (Lipinski definition) is 5. The summed E-state index contributed by atoms with van der Waals surface area (Å²) in [6.45, 7) is 6.78. The van der Waals surface area contributed by atoms with Crippen molar-refractivity contribution >= 4 is 11.8 Å². The van der Waals surface area contributed by atoms with E-state index in [0.29, 0.717) is 5.92 Å². The van der Waals surface area contributed by atoms with Gasteiger partial charge in [0.2, 0.25) is 0 Å². The lowest BCUT2D eigenvalue weighted by Gasteiger charge is -2.33. The highest BCUT2D eigenvalue weighted by Crippen LogP contribution is 2.30. The van der Waals surface area contributed by atoms with Crippen LogP contribution in [0.1, 0.15) is 36.8 Å². The fraction of sp³-hybridized carbons (Fsp3) is 0.867. The van der Waals surface area contributed by atoms with Crippen LogP contribution in [0.2, 0.25) is 0 Å². The van der Waals surface area contributed by atoms with Crippen LogP contribution in [-0.2, 0) is 13.1 Å². The first kappa shape index (κ1) is 14.0. The Kier molecular flexibility index (Phi) is 4.18. The molecule has 116 valence electrons. The summed E-state index contributed by atoms with van der Waals surface area (Å²) in [4.78, 5) is 2.68. The van der Waals surface area contributed by atoms with E-state index in [1.165, 1.54) is 56.2 Å². The summed E-state index contributed by atoms with van der Waals surface area (Å²) in [5, 5.41) is 12.2. The van der Waals surface area contributed by atoms with Gasteiger partial charge in [0, 0.05) is 25.6 Å². The van der Waals surface area contributed by atoms with Crippen molar-refractivity contribution in [3.8, 4) is 0 Å². The summed E-state index contributed by atoms with van der Waals surface area (Å²) in [7, 11) is 0. The van der Waals surface area contributed by atoms with Crippen LogP contribution in [0.4, 0.5) is 0 Å². The molecule has 4 heterocycles. The highest BCUT2D eigenvalue weighted by Gasteiger charge is 2.28. The smallest absolute Gasteiger partial charge is 0.147 e. The first-order valence-corrected chi connectivity index (χ1v) is 9.48. The van der Waals surface area contributed by atoms with Gasteiger partial charge in [-0.25, -0.2) is 0 Å². The number of nitrogens with zero attached hydrogens (tertiary/aromatic N) is 4. The Hall–Kier alpha value is -0.590. The minimum absolute atomic E-state index is 0.624. The van der Waals surface area contributed by atoms with Gasteiger partial charge in [-0.3, -0.25) is 0 Å². The third-order valence-electron chi connectivity index (χ3n) is 5.14. The summed E-state index contributed by atoms with van der Waals surface area (Å²) >= 11 is 2.13. The first-order chi connectivity index (χ1) is 10.4. The maximum Gasteiger partial charge on any atom is 0.147 e. The zero-order valence-electron chi connectivity index (χ0n) is 12.6. The van der Waals surface area contributed by atoms with Crippen LogP contribution in [0.3, 0.4) is 0 Å². The molecule has 1 unspecified atom stereocenters. The van der Waals surface area contributed by atoms with E-state index in [-0.39, 0.29) is 0 Å². The molecule has 0 bridgehead atoms. The number of fused-ring (bicyclic) bond motifs is 1. The molecule has 0 spiro atoms. The Labute approximate surface area is 130 Å². The van der Waals surface area contributed by atoms with Crippen LogP contribution in [0.5, 0.6) is 0 Å². The number of thioether (sulfide) groups is 1. The quantitative estimate of drug-likeness (QED) is 0.912. The van der Waals surface area contributed by atoms with Gasteiger partial charge in [0.1, 0.15) is 11.6 Å². The second-order valence-electron chi connectivity index (χ2n) is 6.61. The van der Waals surface area contributed by atoms with Crippen molar-refractivity contribution in [1.82, 2.24) is 25.0 Å². The highest BCUT2D eigenvalue weighted by atomic mass is 32.2. The summed E-state index contributed by atoms with van der Waals surface area (Å²) in [6, 6.07) is 0.